The Labute approximate surface area is 82.6 Å². The molecule has 76 valence electrons. The van der Waals surface area contributed by atoms with Crippen LogP contribution in [0.4, 0.5) is 0 Å². The molecule has 0 unspecified atom stereocenters. The van der Waals surface area contributed by atoms with E-state index in [4.69, 9.17) is 9.26 Å². The van der Waals surface area contributed by atoms with Crippen LogP contribution in [0.5, 0.6) is 0 Å². The van der Waals surface area contributed by atoms with Crippen LogP contribution in [0, 0.1) is 0 Å². The predicted molar refractivity (Wildman–Crippen MR) is 48.8 cm³/mol. The summed E-state index contributed by atoms with van der Waals surface area (Å²) in [5.41, 5.74) is 0. The first kappa shape index (κ1) is 8.41. The highest BCUT2D eigenvalue weighted by molar-refractivity contribution is 5.03. The number of hydrogen-bond donors (Lipinski definition) is 0. The lowest BCUT2D eigenvalue weighted by molar-refractivity contribution is 0.00821. The van der Waals surface area contributed by atoms with E-state index < -0.39 is 0 Å². The zero-order valence-electron chi connectivity index (χ0n) is 8.11. The van der Waals surface area contributed by atoms with Gasteiger partial charge in [0, 0.05) is 12.5 Å². The molecule has 1 aromatic rings. The molecule has 2 aliphatic rings. The van der Waals surface area contributed by atoms with Gasteiger partial charge in [-0.3, -0.25) is 0 Å². The van der Waals surface area contributed by atoms with Crippen LogP contribution in [0.1, 0.15) is 55.8 Å². The molecule has 1 aromatic heterocycles. The molecule has 2 heterocycles. The van der Waals surface area contributed by atoms with E-state index in [0.29, 0.717) is 5.92 Å². The average molecular weight is 194 g/mol. The molecular weight excluding hydrogens is 180 g/mol. The molecule has 2 fully saturated rings. The van der Waals surface area contributed by atoms with Crippen molar-refractivity contribution in [3.05, 3.63) is 11.7 Å². The van der Waals surface area contributed by atoms with Crippen LogP contribution < -0.4 is 0 Å². The first-order valence-corrected chi connectivity index (χ1v) is 5.38. The Morgan fingerprint density at radius 1 is 1.14 bits per heavy atom. The van der Waals surface area contributed by atoms with Gasteiger partial charge >= 0.3 is 0 Å². The lowest BCUT2D eigenvalue weighted by atomic mass is 10.1. The zero-order valence-corrected chi connectivity index (χ0v) is 8.11. The topological polar surface area (TPSA) is 48.2 Å². The molecule has 0 spiro atoms. The van der Waals surface area contributed by atoms with E-state index in [1.165, 1.54) is 19.3 Å². The Hall–Kier alpha value is -0.900. The number of hydrogen-bond acceptors (Lipinski definition) is 4. The minimum atomic E-state index is 0.0833. The third kappa shape index (κ3) is 1.54. The Balaban J connectivity index is 1.74. The van der Waals surface area contributed by atoms with Crippen molar-refractivity contribution in [1.29, 1.82) is 0 Å². The Morgan fingerprint density at radius 3 is 2.79 bits per heavy atom. The van der Waals surface area contributed by atoms with Crippen LogP contribution in [-0.4, -0.2) is 16.7 Å². The Morgan fingerprint density at radius 2 is 2.07 bits per heavy atom. The van der Waals surface area contributed by atoms with E-state index in [9.17, 15) is 0 Å². The van der Waals surface area contributed by atoms with E-state index in [0.717, 1.165) is 31.2 Å². The molecule has 1 aliphatic carbocycles. The van der Waals surface area contributed by atoms with Gasteiger partial charge in [-0.2, -0.15) is 4.98 Å². The van der Waals surface area contributed by atoms with Crippen molar-refractivity contribution >= 4 is 0 Å². The number of ether oxygens (including phenoxy) is 1. The third-order valence-corrected chi connectivity index (χ3v) is 2.85. The van der Waals surface area contributed by atoms with Crippen LogP contribution in [-0.2, 0) is 4.74 Å². The third-order valence-electron chi connectivity index (χ3n) is 2.85. The maximum absolute atomic E-state index is 5.59. The summed E-state index contributed by atoms with van der Waals surface area (Å²) in [6.45, 7) is 0.831. The Bertz CT molecular complexity index is 314. The molecule has 1 atom stereocenters. The maximum Gasteiger partial charge on any atom is 0.229 e. The monoisotopic (exact) mass is 194 g/mol. The van der Waals surface area contributed by atoms with Crippen LogP contribution in [0.3, 0.4) is 0 Å². The summed E-state index contributed by atoms with van der Waals surface area (Å²) < 4.78 is 10.8. The number of rotatable bonds is 2. The lowest BCUT2D eigenvalue weighted by Crippen LogP contribution is -2.12. The molecule has 0 radical (unpaired) electrons. The van der Waals surface area contributed by atoms with Gasteiger partial charge in [0.1, 0.15) is 6.10 Å². The van der Waals surface area contributed by atoms with Crippen molar-refractivity contribution in [2.45, 2.75) is 44.1 Å². The van der Waals surface area contributed by atoms with Crippen molar-refractivity contribution in [3.63, 3.8) is 0 Å². The van der Waals surface area contributed by atoms with Gasteiger partial charge in [-0.05, 0) is 32.1 Å². The standard InChI is InChI=1S/C10H14N2O2/c1-2-6-13-8(3-1)9-11-10(14-12-9)7-4-5-7/h7-8H,1-6H2/t8-/m1/s1. The van der Waals surface area contributed by atoms with E-state index >= 15 is 0 Å². The fourth-order valence-electron chi connectivity index (χ4n) is 1.82. The summed E-state index contributed by atoms with van der Waals surface area (Å²) in [4.78, 5) is 4.39. The average Bonchev–Trinajstić information content (AvgIpc) is 2.98. The minimum Gasteiger partial charge on any atom is -0.370 e. The quantitative estimate of drug-likeness (QED) is 0.724. The molecule has 0 N–H and O–H groups in total. The summed E-state index contributed by atoms with van der Waals surface area (Å²) >= 11 is 0. The van der Waals surface area contributed by atoms with Gasteiger partial charge in [-0.1, -0.05) is 5.16 Å². The summed E-state index contributed by atoms with van der Waals surface area (Å²) in [7, 11) is 0. The van der Waals surface area contributed by atoms with Gasteiger partial charge in [-0.15, -0.1) is 0 Å². The van der Waals surface area contributed by atoms with E-state index in [2.05, 4.69) is 10.1 Å². The van der Waals surface area contributed by atoms with Crippen molar-refractivity contribution in [3.8, 4) is 0 Å². The van der Waals surface area contributed by atoms with E-state index in [1.807, 2.05) is 0 Å². The predicted octanol–water partition coefficient (Wildman–Crippen LogP) is 2.19. The van der Waals surface area contributed by atoms with Crippen molar-refractivity contribution in [2.75, 3.05) is 6.61 Å². The molecule has 0 aromatic carbocycles. The van der Waals surface area contributed by atoms with E-state index in [1.54, 1.807) is 0 Å². The fraction of sp³-hybridized carbons (Fsp3) is 0.800. The van der Waals surface area contributed by atoms with Crippen LogP contribution in [0.15, 0.2) is 4.52 Å². The van der Waals surface area contributed by atoms with Crippen LogP contribution >= 0.6 is 0 Å². The van der Waals surface area contributed by atoms with Gasteiger partial charge in [0.05, 0.1) is 0 Å². The highest BCUT2D eigenvalue weighted by atomic mass is 16.5. The summed E-state index contributed by atoms with van der Waals surface area (Å²) in [6, 6.07) is 0. The second-order valence-electron chi connectivity index (χ2n) is 4.12. The Kier molecular flexibility index (Phi) is 2.01. The lowest BCUT2D eigenvalue weighted by Gasteiger charge is -2.18. The molecule has 14 heavy (non-hydrogen) atoms. The molecule has 3 rings (SSSR count). The summed E-state index contributed by atoms with van der Waals surface area (Å²) in [6.07, 6.45) is 5.88. The molecule has 4 heteroatoms. The minimum absolute atomic E-state index is 0.0833. The molecule has 0 amide bonds. The highest BCUT2D eigenvalue weighted by Gasteiger charge is 2.31. The van der Waals surface area contributed by atoms with Crippen molar-refractivity contribution in [2.24, 2.45) is 0 Å². The largest absolute Gasteiger partial charge is 0.370 e. The van der Waals surface area contributed by atoms with Crippen LogP contribution in [0.25, 0.3) is 0 Å². The first-order chi connectivity index (χ1) is 6.93. The normalized spacial score (nSPS) is 27.9. The maximum atomic E-state index is 5.59. The molecule has 4 nitrogen and oxygen atoms in total. The smallest absolute Gasteiger partial charge is 0.229 e. The molecule has 1 saturated heterocycles. The van der Waals surface area contributed by atoms with Gasteiger partial charge in [0.2, 0.25) is 11.7 Å². The molecule has 1 saturated carbocycles. The van der Waals surface area contributed by atoms with Crippen molar-refractivity contribution in [1.82, 2.24) is 10.1 Å². The van der Waals surface area contributed by atoms with E-state index in [-0.39, 0.29) is 6.10 Å². The molecule has 0 bridgehead atoms. The zero-order chi connectivity index (χ0) is 9.38. The second kappa shape index (κ2) is 3.35. The van der Waals surface area contributed by atoms with Gasteiger partial charge in [0.25, 0.3) is 0 Å². The molecule has 1 aliphatic heterocycles. The molecular formula is C10H14N2O2. The van der Waals surface area contributed by atoms with Gasteiger partial charge in [-0.25, -0.2) is 0 Å². The number of nitrogens with zero attached hydrogens (tertiary/aromatic N) is 2. The highest BCUT2D eigenvalue weighted by Crippen LogP contribution is 2.39. The summed E-state index contributed by atoms with van der Waals surface area (Å²) in [5.74, 6) is 2.11. The van der Waals surface area contributed by atoms with Crippen LogP contribution in [0.2, 0.25) is 0 Å². The van der Waals surface area contributed by atoms with Gasteiger partial charge < -0.3 is 9.26 Å². The fourth-order valence-corrected chi connectivity index (χ4v) is 1.82. The first-order valence-electron chi connectivity index (χ1n) is 5.38. The van der Waals surface area contributed by atoms with Gasteiger partial charge in [0.15, 0.2) is 0 Å². The van der Waals surface area contributed by atoms with Crippen molar-refractivity contribution < 1.29 is 9.26 Å². The number of aromatic nitrogens is 2. The summed E-state index contributed by atoms with van der Waals surface area (Å²) in [5, 5.41) is 3.99. The second-order valence-corrected chi connectivity index (χ2v) is 4.12. The SMILES string of the molecule is C1CC[C@H](c2noc(C3CC3)n2)OC1.